The van der Waals surface area contributed by atoms with Crippen molar-refractivity contribution in [1.29, 1.82) is 0 Å². The number of hydrogen-bond donors (Lipinski definition) is 0. The van der Waals surface area contributed by atoms with Crippen LogP contribution >= 0.6 is 0 Å². The van der Waals surface area contributed by atoms with E-state index in [-0.39, 0.29) is 0 Å². The van der Waals surface area contributed by atoms with E-state index in [2.05, 4.69) is 140 Å². The van der Waals surface area contributed by atoms with Gasteiger partial charge in [0.25, 0.3) is 0 Å². The Morgan fingerprint density at radius 2 is 0.609 bits per heavy atom. The summed E-state index contributed by atoms with van der Waals surface area (Å²) in [7, 11) is 0. The van der Waals surface area contributed by atoms with Gasteiger partial charge in [0, 0.05) is 33.4 Å². The summed E-state index contributed by atoms with van der Waals surface area (Å²) in [6.07, 6.45) is 0. The van der Waals surface area contributed by atoms with Crippen molar-refractivity contribution >= 4 is 10.8 Å². The van der Waals surface area contributed by atoms with Crippen molar-refractivity contribution in [3.8, 4) is 101 Å². The molecule has 0 aliphatic carbocycles. The Morgan fingerprint density at radius 1 is 0.219 bits per heavy atom. The molecule has 0 saturated carbocycles. The average molecular weight is 818 g/mol. The van der Waals surface area contributed by atoms with Gasteiger partial charge in [-0.15, -0.1) is 0 Å². The van der Waals surface area contributed by atoms with E-state index in [1.807, 2.05) is 97.1 Å². The van der Waals surface area contributed by atoms with Crippen molar-refractivity contribution in [2.24, 2.45) is 0 Å². The molecule has 2 heterocycles. The zero-order valence-corrected chi connectivity index (χ0v) is 34.8. The second-order valence-electron chi connectivity index (χ2n) is 15.6. The predicted molar refractivity (Wildman–Crippen MR) is 262 cm³/mol. The molecule has 5 heteroatoms. The fourth-order valence-electron chi connectivity index (χ4n) is 8.37. The normalized spacial score (nSPS) is 11.1. The van der Waals surface area contributed by atoms with Gasteiger partial charge in [-0.1, -0.05) is 231 Å². The number of fused-ring (bicyclic) bond motifs is 1. The van der Waals surface area contributed by atoms with Crippen LogP contribution in [0.15, 0.2) is 237 Å². The SMILES string of the molecule is c1ccc(-c2cc(-c3ccc(-c4ccc(-c5ccc6ccccc6c5-c5ccccc5-c5nc(-c6ccccc6)nc(-c6ccccc6)n5)cc4)cc3)nc(-c3ccccc3)n2)cc1. The van der Waals surface area contributed by atoms with Gasteiger partial charge < -0.3 is 0 Å². The average Bonchev–Trinajstić information content (AvgIpc) is 3.39. The molecule has 0 fully saturated rings. The lowest BCUT2D eigenvalue weighted by atomic mass is 9.87. The van der Waals surface area contributed by atoms with E-state index in [0.717, 1.165) is 88.9 Å². The molecule has 300 valence electrons. The Bertz CT molecular complexity index is 3280. The Labute approximate surface area is 372 Å². The molecule has 0 amide bonds. The molecule has 0 spiro atoms. The quantitative estimate of drug-likeness (QED) is 0.145. The van der Waals surface area contributed by atoms with E-state index >= 15 is 0 Å². The maximum atomic E-state index is 5.15. The van der Waals surface area contributed by atoms with Crippen molar-refractivity contribution in [2.75, 3.05) is 0 Å². The van der Waals surface area contributed by atoms with Gasteiger partial charge in [-0.25, -0.2) is 24.9 Å². The lowest BCUT2D eigenvalue weighted by Crippen LogP contribution is -2.01. The van der Waals surface area contributed by atoms with Crippen LogP contribution in [0.4, 0.5) is 0 Å². The summed E-state index contributed by atoms with van der Waals surface area (Å²) in [5.41, 5.74) is 14.3. The van der Waals surface area contributed by atoms with Crippen molar-refractivity contribution < 1.29 is 0 Å². The molecule has 0 unspecified atom stereocenters. The van der Waals surface area contributed by atoms with Crippen LogP contribution in [0, 0.1) is 0 Å². The fourth-order valence-corrected chi connectivity index (χ4v) is 8.37. The molecule has 9 aromatic carbocycles. The highest BCUT2D eigenvalue weighted by molar-refractivity contribution is 6.07. The first kappa shape index (κ1) is 38.3. The third-order valence-corrected chi connectivity index (χ3v) is 11.6. The molecular weight excluding hydrogens is 779 g/mol. The minimum absolute atomic E-state index is 0.621. The summed E-state index contributed by atoms with van der Waals surface area (Å²) in [6.45, 7) is 0. The molecule has 0 atom stereocenters. The van der Waals surface area contributed by atoms with Gasteiger partial charge in [-0.05, 0) is 50.2 Å². The van der Waals surface area contributed by atoms with E-state index in [0.29, 0.717) is 23.3 Å². The van der Waals surface area contributed by atoms with Crippen LogP contribution in [0.25, 0.3) is 112 Å². The highest BCUT2D eigenvalue weighted by Crippen LogP contribution is 2.43. The van der Waals surface area contributed by atoms with Gasteiger partial charge in [0.05, 0.1) is 11.4 Å². The van der Waals surface area contributed by atoms with E-state index in [1.165, 1.54) is 0 Å². The smallest absolute Gasteiger partial charge is 0.164 e. The number of hydrogen-bond acceptors (Lipinski definition) is 5. The first-order chi connectivity index (χ1) is 31.7. The van der Waals surface area contributed by atoms with Crippen LogP contribution in [0.3, 0.4) is 0 Å². The Morgan fingerprint density at radius 3 is 1.16 bits per heavy atom. The number of benzene rings is 9. The van der Waals surface area contributed by atoms with E-state index < -0.39 is 0 Å². The number of nitrogens with zero attached hydrogens (tertiary/aromatic N) is 5. The molecule has 0 aliphatic heterocycles. The summed E-state index contributed by atoms with van der Waals surface area (Å²) in [5.74, 6) is 2.59. The topological polar surface area (TPSA) is 64.5 Å². The van der Waals surface area contributed by atoms with E-state index in [4.69, 9.17) is 24.9 Å². The van der Waals surface area contributed by atoms with Crippen LogP contribution < -0.4 is 0 Å². The molecule has 0 saturated heterocycles. The first-order valence-electron chi connectivity index (χ1n) is 21.4. The summed E-state index contributed by atoms with van der Waals surface area (Å²) >= 11 is 0. The summed E-state index contributed by atoms with van der Waals surface area (Å²) < 4.78 is 0. The van der Waals surface area contributed by atoms with E-state index in [9.17, 15) is 0 Å². The second-order valence-corrected chi connectivity index (χ2v) is 15.6. The Hall–Kier alpha value is -8.67. The minimum Gasteiger partial charge on any atom is -0.228 e. The van der Waals surface area contributed by atoms with Crippen molar-refractivity contribution in [3.63, 3.8) is 0 Å². The first-order valence-corrected chi connectivity index (χ1v) is 21.4. The maximum Gasteiger partial charge on any atom is 0.164 e. The summed E-state index contributed by atoms with van der Waals surface area (Å²) in [5, 5.41) is 2.32. The molecule has 0 N–H and O–H groups in total. The lowest BCUT2D eigenvalue weighted by molar-refractivity contribution is 1.07. The van der Waals surface area contributed by atoms with Gasteiger partial charge in [0.2, 0.25) is 0 Å². The van der Waals surface area contributed by atoms with Gasteiger partial charge in [0.1, 0.15) is 0 Å². The largest absolute Gasteiger partial charge is 0.228 e. The predicted octanol–water partition coefficient (Wildman–Crippen LogP) is 14.8. The van der Waals surface area contributed by atoms with Gasteiger partial charge in [0.15, 0.2) is 23.3 Å². The van der Waals surface area contributed by atoms with Crippen LogP contribution in [0.2, 0.25) is 0 Å². The second kappa shape index (κ2) is 17.0. The Kier molecular flexibility index (Phi) is 10.2. The van der Waals surface area contributed by atoms with E-state index in [1.54, 1.807) is 0 Å². The lowest BCUT2D eigenvalue weighted by Gasteiger charge is -2.18. The minimum atomic E-state index is 0.621. The van der Waals surface area contributed by atoms with Gasteiger partial charge in [-0.3, -0.25) is 0 Å². The van der Waals surface area contributed by atoms with Crippen molar-refractivity contribution in [2.45, 2.75) is 0 Å². The molecule has 0 bridgehead atoms. The number of rotatable bonds is 9. The monoisotopic (exact) mass is 817 g/mol. The van der Waals surface area contributed by atoms with Crippen molar-refractivity contribution in [1.82, 2.24) is 24.9 Å². The molecule has 0 radical (unpaired) electrons. The van der Waals surface area contributed by atoms with Crippen LogP contribution in [-0.2, 0) is 0 Å². The highest BCUT2D eigenvalue weighted by Gasteiger charge is 2.20. The van der Waals surface area contributed by atoms with Gasteiger partial charge >= 0.3 is 0 Å². The molecule has 11 aromatic rings. The van der Waals surface area contributed by atoms with Gasteiger partial charge in [-0.2, -0.15) is 0 Å². The van der Waals surface area contributed by atoms with Crippen LogP contribution in [0.1, 0.15) is 0 Å². The maximum absolute atomic E-state index is 5.15. The molecule has 2 aromatic heterocycles. The molecular formula is C59H39N5. The fraction of sp³-hybridized carbons (Fsp3) is 0. The number of aromatic nitrogens is 5. The zero-order valence-electron chi connectivity index (χ0n) is 34.8. The highest BCUT2D eigenvalue weighted by atomic mass is 15.0. The zero-order chi connectivity index (χ0) is 42.7. The molecule has 0 aliphatic rings. The van der Waals surface area contributed by atoms with Crippen LogP contribution in [-0.4, -0.2) is 24.9 Å². The third-order valence-electron chi connectivity index (χ3n) is 11.6. The molecule has 5 nitrogen and oxygen atoms in total. The van der Waals surface area contributed by atoms with Crippen molar-refractivity contribution in [3.05, 3.63) is 237 Å². The standard InChI is InChI=1S/C59H39N5/c1-5-18-44(19-6-1)53-39-54(61-56(60-53)46-20-7-2-8-21-46)45-35-31-41(32-36-45)40-29-33-43(34-30-40)50-38-37-42-17-13-14-26-49(42)55(50)51-27-15-16-28-52(51)59-63-57(47-22-9-3-10-23-47)62-58(64-59)48-24-11-4-12-25-48/h1-39H. The molecule has 11 rings (SSSR count). The van der Waals surface area contributed by atoms with Crippen LogP contribution in [0.5, 0.6) is 0 Å². The summed E-state index contributed by atoms with van der Waals surface area (Å²) in [4.78, 5) is 25.3. The molecule has 64 heavy (non-hydrogen) atoms. The Balaban J connectivity index is 0.973. The summed E-state index contributed by atoms with van der Waals surface area (Å²) in [6, 6.07) is 81.8. The third kappa shape index (κ3) is 7.63.